The molecule has 0 bridgehead atoms. The zero-order valence-corrected chi connectivity index (χ0v) is 12.3. The summed E-state index contributed by atoms with van der Waals surface area (Å²) in [4.78, 5) is 27.2. The van der Waals surface area contributed by atoms with Crippen LogP contribution in [-0.4, -0.2) is 46.9 Å². The van der Waals surface area contributed by atoms with Crippen LogP contribution < -0.4 is 5.32 Å². The van der Waals surface area contributed by atoms with Crippen molar-refractivity contribution in [2.24, 2.45) is 5.92 Å². The molecule has 2 rings (SSSR count). The number of aromatic nitrogens is 1. The molecule has 7 heteroatoms. The number of hydrogen-bond donors (Lipinski definition) is 2. The summed E-state index contributed by atoms with van der Waals surface area (Å²) < 4.78 is 0. The largest absolute Gasteiger partial charge is 0.351 e. The van der Waals surface area contributed by atoms with Gasteiger partial charge >= 0.3 is 0 Å². The minimum Gasteiger partial charge on any atom is -0.351 e. The Bertz CT molecular complexity index is 494. The first kappa shape index (κ1) is 15.5. The number of nitrogens with one attached hydrogen (secondary N) is 2. The lowest BCUT2D eigenvalue weighted by molar-refractivity contribution is -0.384. The molecule has 1 fully saturated rings. The average Bonchev–Trinajstić information content (AvgIpc) is 2.97. The van der Waals surface area contributed by atoms with E-state index in [1.807, 2.05) is 11.8 Å². The predicted molar refractivity (Wildman–Crippen MR) is 79.2 cm³/mol. The second-order valence-corrected chi connectivity index (χ2v) is 5.47. The maximum absolute atomic E-state index is 12.5. The van der Waals surface area contributed by atoms with E-state index in [1.165, 1.54) is 12.3 Å². The zero-order valence-electron chi connectivity index (χ0n) is 12.3. The van der Waals surface area contributed by atoms with E-state index in [0.29, 0.717) is 18.2 Å². The van der Waals surface area contributed by atoms with E-state index in [2.05, 4.69) is 10.3 Å². The number of hydrogen-bond acceptors (Lipinski definition) is 4. The molecule has 0 spiro atoms. The van der Waals surface area contributed by atoms with Crippen molar-refractivity contribution in [1.29, 1.82) is 0 Å². The summed E-state index contributed by atoms with van der Waals surface area (Å²) in [6.07, 6.45) is 4.28. The number of rotatable bonds is 6. The molecule has 21 heavy (non-hydrogen) atoms. The number of nitrogens with zero attached hydrogens (tertiary/aromatic N) is 2. The van der Waals surface area contributed by atoms with E-state index >= 15 is 0 Å². The lowest BCUT2D eigenvalue weighted by Crippen LogP contribution is -2.39. The Morgan fingerprint density at radius 3 is 2.76 bits per heavy atom. The fourth-order valence-corrected chi connectivity index (χ4v) is 2.70. The Kier molecular flexibility index (Phi) is 5.32. The van der Waals surface area contributed by atoms with Gasteiger partial charge in [0, 0.05) is 19.2 Å². The molecule has 0 aromatic carbocycles. The summed E-state index contributed by atoms with van der Waals surface area (Å²) in [5, 5.41) is 14.0. The molecule has 0 unspecified atom stereocenters. The Labute approximate surface area is 123 Å². The molecule has 0 aliphatic carbocycles. The second-order valence-electron chi connectivity index (χ2n) is 5.47. The molecular formula is C14H22N4O3. The summed E-state index contributed by atoms with van der Waals surface area (Å²) in [5.74, 6) is 0.357. The van der Waals surface area contributed by atoms with Gasteiger partial charge in [-0.05, 0) is 38.3 Å². The fourth-order valence-electron chi connectivity index (χ4n) is 2.70. The SMILES string of the molecule is CCCN(CC1CCNCC1)C(=O)c1cc([N+](=O)[O-])c[nH]1. The molecule has 2 N–H and O–H groups in total. The van der Waals surface area contributed by atoms with Crippen LogP contribution in [-0.2, 0) is 0 Å². The van der Waals surface area contributed by atoms with Crippen molar-refractivity contribution in [3.05, 3.63) is 28.1 Å². The maximum Gasteiger partial charge on any atom is 0.287 e. The smallest absolute Gasteiger partial charge is 0.287 e. The standard InChI is InChI=1S/C14H22N4O3/c1-2-7-17(10-11-3-5-15-6-4-11)14(19)13-8-12(9-16-13)18(20)21/h8-9,11,15-16H,2-7,10H2,1H3. The number of aromatic amines is 1. The van der Waals surface area contributed by atoms with E-state index in [9.17, 15) is 14.9 Å². The van der Waals surface area contributed by atoms with E-state index in [1.54, 1.807) is 0 Å². The molecule has 0 radical (unpaired) electrons. The molecule has 1 aliphatic rings. The summed E-state index contributed by atoms with van der Waals surface area (Å²) >= 11 is 0. The molecule has 1 saturated heterocycles. The first-order chi connectivity index (χ1) is 10.1. The van der Waals surface area contributed by atoms with Crippen LogP contribution in [0.3, 0.4) is 0 Å². The minimum absolute atomic E-state index is 0.0725. The summed E-state index contributed by atoms with van der Waals surface area (Å²) in [7, 11) is 0. The topological polar surface area (TPSA) is 91.3 Å². The quantitative estimate of drug-likeness (QED) is 0.618. The first-order valence-electron chi connectivity index (χ1n) is 7.44. The van der Waals surface area contributed by atoms with E-state index in [4.69, 9.17) is 0 Å². The molecular weight excluding hydrogens is 272 g/mol. The first-order valence-corrected chi connectivity index (χ1v) is 7.44. The van der Waals surface area contributed by atoms with Crippen molar-refractivity contribution < 1.29 is 9.72 Å². The maximum atomic E-state index is 12.5. The van der Waals surface area contributed by atoms with Gasteiger partial charge in [0.25, 0.3) is 11.6 Å². The van der Waals surface area contributed by atoms with Crippen molar-refractivity contribution in [2.45, 2.75) is 26.2 Å². The average molecular weight is 294 g/mol. The van der Waals surface area contributed by atoms with Crippen LogP contribution in [0, 0.1) is 16.0 Å². The number of amides is 1. The minimum atomic E-state index is -0.496. The third-order valence-corrected chi connectivity index (χ3v) is 3.83. The highest BCUT2D eigenvalue weighted by Gasteiger charge is 2.23. The second kappa shape index (κ2) is 7.21. The number of carbonyl (C=O) groups excluding carboxylic acids is 1. The van der Waals surface area contributed by atoms with Gasteiger partial charge in [-0.25, -0.2) is 0 Å². The van der Waals surface area contributed by atoms with Crippen LogP contribution in [0.25, 0.3) is 0 Å². The van der Waals surface area contributed by atoms with Gasteiger partial charge in [-0.2, -0.15) is 0 Å². The van der Waals surface area contributed by atoms with Crippen molar-refractivity contribution in [1.82, 2.24) is 15.2 Å². The highest BCUT2D eigenvalue weighted by atomic mass is 16.6. The van der Waals surface area contributed by atoms with Crippen LogP contribution >= 0.6 is 0 Å². The number of nitro groups is 1. The molecule has 1 aromatic heterocycles. The molecule has 2 heterocycles. The van der Waals surface area contributed by atoms with Crippen molar-refractivity contribution in [2.75, 3.05) is 26.2 Å². The normalized spacial score (nSPS) is 15.9. The Morgan fingerprint density at radius 2 is 2.19 bits per heavy atom. The van der Waals surface area contributed by atoms with E-state index < -0.39 is 4.92 Å². The molecule has 116 valence electrons. The molecule has 1 amide bonds. The van der Waals surface area contributed by atoms with Crippen LogP contribution in [0.2, 0.25) is 0 Å². The predicted octanol–water partition coefficient (Wildman–Crippen LogP) is 1.77. The zero-order chi connectivity index (χ0) is 15.2. The summed E-state index contributed by atoms with van der Waals surface area (Å²) in [5.41, 5.74) is 0.223. The van der Waals surface area contributed by atoms with Gasteiger partial charge in [0.15, 0.2) is 0 Å². The molecule has 1 aromatic rings. The van der Waals surface area contributed by atoms with Gasteiger partial charge in [-0.1, -0.05) is 6.92 Å². The third-order valence-electron chi connectivity index (χ3n) is 3.83. The van der Waals surface area contributed by atoms with Gasteiger partial charge in [-0.3, -0.25) is 14.9 Å². The molecule has 0 saturated carbocycles. The molecule has 0 atom stereocenters. The number of carbonyl (C=O) groups is 1. The van der Waals surface area contributed by atoms with Crippen LogP contribution in [0.1, 0.15) is 36.7 Å². The third kappa shape index (κ3) is 4.04. The van der Waals surface area contributed by atoms with Crippen molar-refractivity contribution in [3.63, 3.8) is 0 Å². The Morgan fingerprint density at radius 1 is 1.48 bits per heavy atom. The van der Waals surface area contributed by atoms with Crippen molar-refractivity contribution in [3.8, 4) is 0 Å². The van der Waals surface area contributed by atoms with Crippen LogP contribution in [0.5, 0.6) is 0 Å². The lowest BCUT2D eigenvalue weighted by Gasteiger charge is -2.29. The van der Waals surface area contributed by atoms with Crippen LogP contribution in [0.15, 0.2) is 12.3 Å². The van der Waals surface area contributed by atoms with Gasteiger partial charge in [-0.15, -0.1) is 0 Å². The number of piperidine rings is 1. The lowest BCUT2D eigenvalue weighted by atomic mass is 9.97. The van der Waals surface area contributed by atoms with Crippen molar-refractivity contribution >= 4 is 11.6 Å². The molecule has 1 aliphatic heterocycles. The summed E-state index contributed by atoms with van der Waals surface area (Å²) in [6.45, 7) is 5.41. The van der Waals surface area contributed by atoms with Crippen LogP contribution in [0.4, 0.5) is 5.69 Å². The monoisotopic (exact) mass is 294 g/mol. The Balaban J connectivity index is 2.04. The van der Waals surface area contributed by atoms with E-state index in [-0.39, 0.29) is 11.6 Å². The van der Waals surface area contributed by atoms with Gasteiger partial charge < -0.3 is 15.2 Å². The van der Waals surface area contributed by atoms with Gasteiger partial charge in [0.1, 0.15) is 5.69 Å². The fraction of sp³-hybridized carbons (Fsp3) is 0.643. The number of H-pyrrole nitrogens is 1. The van der Waals surface area contributed by atoms with Gasteiger partial charge in [0.05, 0.1) is 11.1 Å². The Hall–Kier alpha value is -1.89. The highest BCUT2D eigenvalue weighted by molar-refractivity contribution is 5.93. The van der Waals surface area contributed by atoms with E-state index in [0.717, 1.165) is 38.9 Å². The summed E-state index contributed by atoms with van der Waals surface area (Å²) in [6, 6.07) is 1.31. The van der Waals surface area contributed by atoms with Gasteiger partial charge in [0.2, 0.25) is 0 Å². The highest BCUT2D eigenvalue weighted by Crippen LogP contribution is 2.18. The molecule has 7 nitrogen and oxygen atoms in total.